The Bertz CT molecular complexity index is 304. The summed E-state index contributed by atoms with van der Waals surface area (Å²) in [6.07, 6.45) is 2.72. The van der Waals surface area contributed by atoms with Crippen LogP contribution in [0, 0.1) is 10.1 Å². The van der Waals surface area contributed by atoms with E-state index >= 15 is 0 Å². The van der Waals surface area contributed by atoms with Crippen molar-refractivity contribution in [2.45, 2.75) is 12.5 Å². The first-order valence-corrected chi connectivity index (χ1v) is 3.57. The summed E-state index contributed by atoms with van der Waals surface area (Å²) < 4.78 is 0. The molecule has 0 aromatic carbocycles. The first kappa shape index (κ1) is 9.37. The van der Waals surface area contributed by atoms with E-state index in [9.17, 15) is 14.9 Å². The van der Waals surface area contributed by atoms with Crippen LogP contribution in [0.25, 0.3) is 0 Å². The van der Waals surface area contributed by atoms with Gasteiger partial charge in [-0.05, 0) is 13.0 Å². The fourth-order valence-electron chi connectivity index (χ4n) is 1.13. The highest BCUT2D eigenvalue weighted by atomic mass is 16.6. The van der Waals surface area contributed by atoms with Crippen molar-refractivity contribution in [1.29, 1.82) is 0 Å². The van der Waals surface area contributed by atoms with Crippen molar-refractivity contribution in [1.82, 2.24) is 0 Å². The normalized spacial score (nSPS) is 26.7. The minimum Gasteiger partial charge on any atom is -0.476 e. The molecule has 6 heteroatoms. The number of carbonyl (C=O) groups is 1. The predicted molar refractivity (Wildman–Crippen MR) is 44.5 cm³/mol. The first-order valence-electron chi connectivity index (χ1n) is 3.57. The van der Waals surface area contributed by atoms with Gasteiger partial charge in [-0.3, -0.25) is 15.1 Å². The molecule has 1 atom stereocenters. The van der Waals surface area contributed by atoms with Gasteiger partial charge in [0, 0.05) is 16.7 Å². The molecule has 1 aliphatic heterocycles. The lowest BCUT2D eigenvalue weighted by Crippen LogP contribution is -2.51. The summed E-state index contributed by atoms with van der Waals surface area (Å²) in [5, 5.41) is 19.4. The third kappa shape index (κ3) is 1.20. The summed E-state index contributed by atoms with van der Waals surface area (Å²) in [5.41, 5.74) is -1.87. The van der Waals surface area contributed by atoms with E-state index in [4.69, 9.17) is 5.11 Å². The van der Waals surface area contributed by atoms with E-state index in [1.807, 2.05) is 0 Å². The molecule has 0 saturated carbocycles. The second-order valence-corrected chi connectivity index (χ2v) is 2.76. The van der Waals surface area contributed by atoms with E-state index < -0.39 is 16.4 Å². The Balaban J connectivity index is 3.21. The van der Waals surface area contributed by atoms with Gasteiger partial charge in [-0.2, -0.15) is 0 Å². The highest BCUT2D eigenvalue weighted by Gasteiger charge is 2.53. The van der Waals surface area contributed by atoms with Crippen molar-refractivity contribution in [2.24, 2.45) is 4.99 Å². The van der Waals surface area contributed by atoms with Gasteiger partial charge in [-0.15, -0.1) is 0 Å². The molecule has 0 spiro atoms. The molecular formula is C7H8N2O4. The van der Waals surface area contributed by atoms with Crippen molar-refractivity contribution >= 4 is 12.2 Å². The molecule has 0 fully saturated rings. The Morgan fingerprint density at radius 3 is 2.77 bits per heavy atom. The molecule has 1 heterocycles. The molecule has 6 nitrogen and oxygen atoms in total. The number of carboxylic acid groups (broad SMARTS) is 1. The van der Waals surface area contributed by atoms with Crippen molar-refractivity contribution in [3.63, 3.8) is 0 Å². The number of rotatable bonds is 2. The van der Waals surface area contributed by atoms with Gasteiger partial charge >= 0.3 is 11.5 Å². The molecule has 1 N–H and O–H groups in total. The number of carboxylic acids is 1. The SMILES string of the molecule is CC1=CC=NCC1(C(=O)O)[N+](=O)[O-]. The molecular weight excluding hydrogens is 176 g/mol. The Morgan fingerprint density at radius 1 is 1.85 bits per heavy atom. The van der Waals surface area contributed by atoms with E-state index in [2.05, 4.69) is 4.99 Å². The molecule has 0 aliphatic carbocycles. The summed E-state index contributed by atoms with van der Waals surface area (Å²) in [6, 6.07) is 0. The maximum absolute atomic E-state index is 10.8. The van der Waals surface area contributed by atoms with Gasteiger partial charge in [0.05, 0.1) is 0 Å². The van der Waals surface area contributed by atoms with Crippen LogP contribution in [0.5, 0.6) is 0 Å². The Kier molecular flexibility index (Phi) is 2.14. The smallest absolute Gasteiger partial charge is 0.389 e. The average molecular weight is 184 g/mol. The molecule has 70 valence electrons. The van der Waals surface area contributed by atoms with Crippen LogP contribution in [0.4, 0.5) is 0 Å². The van der Waals surface area contributed by atoms with Gasteiger partial charge in [0.25, 0.3) is 0 Å². The van der Waals surface area contributed by atoms with Crippen LogP contribution in [-0.4, -0.2) is 34.3 Å². The Hall–Kier alpha value is -1.72. The molecule has 0 aromatic heterocycles. The van der Waals surface area contributed by atoms with Crippen molar-refractivity contribution < 1.29 is 14.8 Å². The standard InChI is InChI=1S/C7H8N2O4/c1-5-2-3-8-4-7(5,6(10)11)9(12)13/h2-3H,4H2,1H3,(H,10,11). The molecule has 1 rings (SSSR count). The number of aliphatic carboxylic acids is 1. The maximum atomic E-state index is 10.8. The second-order valence-electron chi connectivity index (χ2n) is 2.76. The first-order chi connectivity index (χ1) is 6.01. The highest BCUT2D eigenvalue weighted by molar-refractivity contribution is 5.86. The van der Waals surface area contributed by atoms with Crippen LogP contribution < -0.4 is 0 Å². The van der Waals surface area contributed by atoms with Gasteiger partial charge in [0.1, 0.15) is 6.54 Å². The zero-order valence-corrected chi connectivity index (χ0v) is 6.93. The second kappa shape index (κ2) is 2.96. The fraction of sp³-hybridized carbons (Fsp3) is 0.429. The number of hydrogen-bond donors (Lipinski definition) is 1. The van der Waals surface area contributed by atoms with Crippen molar-refractivity contribution in [2.75, 3.05) is 6.54 Å². The van der Waals surface area contributed by atoms with Crippen LogP contribution >= 0.6 is 0 Å². The van der Waals surface area contributed by atoms with E-state index in [1.165, 1.54) is 19.2 Å². The molecule has 0 aromatic rings. The maximum Gasteiger partial charge on any atom is 0.389 e. The average Bonchev–Trinajstić information content (AvgIpc) is 2.04. The lowest BCUT2D eigenvalue weighted by molar-refractivity contribution is -0.540. The van der Waals surface area contributed by atoms with Crippen LogP contribution in [0.3, 0.4) is 0 Å². The monoisotopic (exact) mass is 184 g/mol. The van der Waals surface area contributed by atoms with Crippen LogP contribution in [0.15, 0.2) is 16.6 Å². The lowest BCUT2D eigenvalue weighted by Gasteiger charge is -2.21. The number of nitrogens with zero attached hydrogens (tertiary/aromatic N) is 2. The number of aliphatic imine (C=N–C) groups is 1. The Morgan fingerprint density at radius 2 is 2.46 bits per heavy atom. The van der Waals surface area contributed by atoms with Gasteiger partial charge < -0.3 is 5.11 Å². The molecule has 1 aliphatic rings. The van der Waals surface area contributed by atoms with Gasteiger partial charge in [0.2, 0.25) is 0 Å². The van der Waals surface area contributed by atoms with Crippen LogP contribution in [0.2, 0.25) is 0 Å². The number of dihydropyridines is 1. The van der Waals surface area contributed by atoms with E-state index in [1.54, 1.807) is 0 Å². The minimum absolute atomic E-state index is 0.194. The van der Waals surface area contributed by atoms with Gasteiger partial charge in [-0.25, -0.2) is 4.79 Å². The summed E-state index contributed by atoms with van der Waals surface area (Å²) in [4.78, 5) is 24.2. The largest absolute Gasteiger partial charge is 0.476 e. The number of allylic oxidation sites excluding steroid dienone is 1. The van der Waals surface area contributed by atoms with Crippen LogP contribution in [0.1, 0.15) is 6.92 Å². The molecule has 0 amide bonds. The predicted octanol–water partition coefficient (Wildman–Crippen LogP) is 0.117. The summed E-state index contributed by atoms with van der Waals surface area (Å²) in [7, 11) is 0. The summed E-state index contributed by atoms with van der Waals surface area (Å²) in [6.45, 7) is 1.08. The number of hydrogen-bond acceptors (Lipinski definition) is 4. The summed E-state index contributed by atoms with van der Waals surface area (Å²) >= 11 is 0. The molecule has 13 heavy (non-hydrogen) atoms. The lowest BCUT2D eigenvalue weighted by atomic mass is 9.90. The number of nitro groups is 1. The van der Waals surface area contributed by atoms with E-state index in [-0.39, 0.29) is 12.1 Å². The van der Waals surface area contributed by atoms with E-state index in [0.717, 1.165) is 0 Å². The minimum atomic E-state index is -2.06. The van der Waals surface area contributed by atoms with E-state index in [0.29, 0.717) is 0 Å². The fourth-order valence-corrected chi connectivity index (χ4v) is 1.13. The van der Waals surface area contributed by atoms with Crippen molar-refractivity contribution in [3.05, 3.63) is 21.8 Å². The Labute approximate surface area is 73.7 Å². The zero-order valence-electron chi connectivity index (χ0n) is 6.93. The van der Waals surface area contributed by atoms with Crippen LogP contribution in [-0.2, 0) is 4.79 Å². The topological polar surface area (TPSA) is 92.8 Å². The third-order valence-corrected chi connectivity index (χ3v) is 2.07. The molecule has 0 bridgehead atoms. The molecule has 1 unspecified atom stereocenters. The van der Waals surface area contributed by atoms with Gasteiger partial charge in [0.15, 0.2) is 0 Å². The third-order valence-electron chi connectivity index (χ3n) is 2.07. The molecule has 0 radical (unpaired) electrons. The highest BCUT2D eigenvalue weighted by Crippen LogP contribution is 2.23. The zero-order chi connectivity index (χ0) is 10.1. The quantitative estimate of drug-likeness (QED) is 0.487. The summed E-state index contributed by atoms with van der Waals surface area (Å²) in [5.74, 6) is -1.47. The van der Waals surface area contributed by atoms with Crippen molar-refractivity contribution in [3.8, 4) is 0 Å². The molecule has 0 saturated heterocycles. The van der Waals surface area contributed by atoms with Gasteiger partial charge in [-0.1, -0.05) is 0 Å².